The van der Waals surface area contributed by atoms with E-state index in [1.165, 1.54) is 38.2 Å². The van der Waals surface area contributed by atoms with Crippen molar-refractivity contribution in [3.8, 4) is 5.75 Å². The van der Waals surface area contributed by atoms with Gasteiger partial charge in [-0.05, 0) is 25.5 Å². The van der Waals surface area contributed by atoms with Crippen molar-refractivity contribution in [1.29, 1.82) is 5.41 Å². The van der Waals surface area contributed by atoms with Gasteiger partial charge >= 0.3 is 0 Å². The van der Waals surface area contributed by atoms with Gasteiger partial charge in [-0.3, -0.25) is 5.41 Å². The zero-order valence-electron chi connectivity index (χ0n) is 15.5. The van der Waals surface area contributed by atoms with E-state index in [9.17, 15) is 9.50 Å². The molecule has 5 nitrogen and oxygen atoms in total. The molecule has 1 aromatic carbocycles. The fourth-order valence-corrected chi connectivity index (χ4v) is 3.48. The number of aromatic hydroxyl groups is 1. The predicted molar refractivity (Wildman–Crippen MR) is 105 cm³/mol. The van der Waals surface area contributed by atoms with Crippen molar-refractivity contribution >= 4 is 17.4 Å². The van der Waals surface area contributed by atoms with Crippen LogP contribution in [0.1, 0.15) is 44.6 Å². The Morgan fingerprint density at radius 1 is 1.23 bits per heavy atom. The molecule has 1 aliphatic heterocycles. The van der Waals surface area contributed by atoms with Crippen molar-refractivity contribution in [2.75, 3.05) is 32.7 Å². The Kier molecular flexibility index (Phi) is 8.13. The summed E-state index contributed by atoms with van der Waals surface area (Å²) in [6, 6.07) is 2.80. The monoisotopic (exact) mass is 384 g/mol. The minimum absolute atomic E-state index is 0.0789. The summed E-state index contributed by atoms with van der Waals surface area (Å²) in [5.41, 5.74) is 5.91. The van der Waals surface area contributed by atoms with E-state index >= 15 is 0 Å². The van der Waals surface area contributed by atoms with Crippen molar-refractivity contribution in [3.63, 3.8) is 0 Å². The van der Waals surface area contributed by atoms with E-state index in [1.54, 1.807) is 0 Å². The molecular weight excluding hydrogens is 355 g/mol. The Morgan fingerprint density at radius 3 is 2.35 bits per heavy atom. The van der Waals surface area contributed by atoms with Gasteiger partial charge in [0.05, 0.1) is 10.6 Å². The molecule has 1 heterocycles. The number of hydrogen-bond acceptors (Lipinski definition) is 4. The van der Waals surface area contributed by atoms with Crippen LogP contribution < -0.4 is 5.73 Å². The van der Waals surface area contributed by atoms with Crippen molar-refractivity contribution in [1.82, 2.24) is 9.80 Å². The van der Waals surface area contributed by atoms with Crippen LogP contribution in [-0.2, 0) is 0 Å². The third-order valence-corrected chi connectivity index (χ3v) is 5.37. The third kappa shape index (κ3) is 5.83. The van der Waals surface area contributed by atoms with Crippen molar-refractivity contribution in [2.24, 2.45) is 5.73 Å². The molecule has 7 heteroatoms. The van der Waals surface area contributed by atoms with Crippen LogP contribution in [0, 0.1) is 11.2 Å². The van der Waals surface area contributed by atoms with Crippen LogP contribution in [0.15, 0.2) is 12.1 Å². The maximum atomic E-state index is 13.2. The first-order chi connectivity index (χ1) is 12.4. The minimum atomic E-state index is -0.675. The van der Waals surface area contributed by atoms with E-state index in [4.69, 9.17) is 22.7 Å². The first-order valence-corrected chi connectivity index (χ1v) is 9.80. The first kappa shape index (κ1) is 20.9. The third-order valence-electron chi connectivity index (χ3n) is 5.08. The van der Waals surface area contributed by atoms with Crippen LogP contribution in [0.3, 0.4) is 0 Å². The lowest BCUT2D eigenvalue weighted by Gasteiger charge is -2.35. The molecule has 26 heavy (non-hydrogen) atoms. The molecule has 1 saturated carbocycles. The maximum absolute atomic E-state index is 13.2. The molecule has 4 N–H and O–H groups in total. The molecule has 0 spiro atoms. The number of nitrogens with two attached hydrogens (primary N) is 1. The number of halogens is 2. The van der Waals surface area contributed by atoms with E-state index in [2.05, 4.69) is 11.8 Å². The van der Waals surface area contributed by atoms with Gasteiger partial charge in [0.25, 0.3) is 0 Å². The number of hydrogen-bond donors (Lipinski definition) is 3. The van der Waals surface area contributed by atoms with Gasteiger partial charge in [0, 0.05) is 38.3 Å². The van der Waals surface area contributed by atoms with E-state index in [1.807, 2.05) is 4.90 Å². The smallest absolute Gasteiger partial charge is 0.145 e. The number of phenols is 1. The summed E-state index contributed by atoms with van der Waals surface area (Å²) >= 11 is 5.70. The highest BCUT2D eigenvalue weighted by atomic mass is 35.5. The van der Waals surface area contributed by atoms with Gasteiger partial charge in [-0.2, -0.15) is 0 Å². The second-order valence-corrected chi connectivity index (χ2v) is 7.36. The molecule has 0 atom stereocenters. The van der Waals surface area contributed by atoms with Crippen LogP contribution in [0.2, 0.25) is 5.02 Å². The number of phenolic OH excluding ortho intramolecular Hbond substituents is 1. The maximum Gasteiger partial charge on any atom is 0.145 e. The number of nitrogens with zero attached hydrogens (tertiary/aromatic N) is 2. The van der Waals surface area contributed by atoms with Crippen LogP contribution in [-0.4, -0.2) is 59.5 Å². The molecular formula is C19H30ClFN4O. The number of piperazine rings is 1. The molecule has 1 saturated heterocycles. The average molecular weight is 385 g/mol. The number of rotatable bonds is 2. The van der Waals surface area contributed by atoms with Crippen LogP contribution in [0.25, 0.3) is 0 Å². The number of likely N-dealkylation sites (N-methyl/N-ethyl adjacent to an activating group) is 1. The molecule has 3 rings (SSSR count). The van der Waals surface area contributed by atoms with Crippen LogP contribution in [0.5, 0.6) is 5.75 Å². The van der Waals surface area contributed by atoms with Gasteiger partial charge in [-0.25, -0.2) is 4.39 Å². The van der Waals surface area contributed by atoms with E-state index in [0.717, 1.165) is 38.8 Å². The largest absolute Gasteiger partial charge is 0.507 e. The Morgan fingerprint density at radius 2 is 1.85 bits per heavy atom. The van der Waals surface area contributed by atoms with Crippen molar-refractivity contribution in [3.05, 3.63) is 28.5 Å². The molecule has 0 bridgehead atoms. The van der Waals surface area contributed by atoms with Gasteiger partial charge in [-0.15, -0.1) is 0 Å². The summed E-state index contributed by atoms with van der Waals surface area (Å²) in [5, 5.41) is 17.8. The number of benzene rings is 1. The first-order valence-electron chi connectivity index (χ1n) is 9.42. The standard InChI is InChI=1S/C13H17ClFN3O.C6H13N/c1-2-17-3-5-18(6-4-17)13(16)9-7-10(14)11(15)8-12(9)19;7-6-4-2-1-3-5-6/h7-8,16,19H,2-6H2,1H3;6H,1-5,7H2. The molecule has 1 aliphatic carbocycles. The van der Waals surface area contributed by atoms with Crippen LogP contribution in [0.4, 0.5) is 4.39 Å². The Labute approximate surface area is 160 Å². The predicted octanol–water partition coefficient (Wildman–Crippen LogP) is 3.43. The molecule has 0 aromatic heterocycles. The second kappa shape index (κ2) is 10.1. The zero-order valence-corrected chi connectivity index (χ0v) is 16.2. The lowest BCUT2D eigenvalue weighted by atomic mass is 9.97. The normalized spacial score (nSPS) is 19.0. The Bertz CT molecular complexity index is 599. The highest BCUT2D eigenvalue weighted by molar-refractivity contribution is 6.31. The molecule has 0 amide bonds. The summed E-state index contributed by atoms with van der Waals surface area (Å²) < 4.78 is 13.2. The topological polar surface area (TPSA) is 76.6 Å². The fraction of sp³-hybridized carbons (Fsp3) is 0.632. The number of amidine groups is 1. The Hall–Kier alpha value is -1.37. The average Bonchev–Trinajstić information content (AvgIpc) is 2.65. The molecule has 0 radical (unpaired) electrons. The highest BCUT2D eigenvalue weighted by Gasteiger charge is 2.21. The second-order valence-electron chi connectivity index (χ2n) is 6.95. The summed E-state index contributed by atoms with van der Waals surface area (Å²) in [4.78, 5) is 4.16. The molecule has 0 unspecified atom stereocenters. The molecule has 1 aromatic rings. The van der Waals surface area contributed by atoms with Gasteiger partial charge in [0.2, 0.25) is 0 Å². The molecule has 2 aliphatic rings. The van der Waals surface area contributed by atoms with Crippen molar-refractivity contribution in [2.45, 2.75) is 45.1 Å². The lowest BCUT2D eigenvalue weighted by Crippen LogP contribution is -2.48. The summed E-state index contributed by atoms with van der Waals surface area (Å²) in [5.74, 6) is -0.730. The van der Waals surface area contributed by atoms with E-state index < -0.39 is 5.82 Å². The van der Waals surface area contributed by atoms with Gasteiger partial charge in [-0.1, -0.05) is 37.8 Å². The van der Waals surface area contributed by atoms with Gasteiger partial charge < -0.3 is 20.6 Å². The summed E-state index contributed by atoms with van der Waals surface area (Å²) in [7, 11) is 0. The SMILES string of the molecule is CCN1CCN(C(=N)c2cc(Cl)c(F)cc2O)CC1.NC1CCCCC1. The zero-order chi connectivity index (χ0) is 19.1. The minimum Gasteiger partial charge on any atom is -0.507 e. The summed E-state index contributed by atoms with van der Waals surface area (Å²) in [6.45, 7) is 6.31. The van der Waals surface area contributed by atoms with Gasteiger partial charge in [0.1, 0.15) is 17.4 Å². The quantitative estimate of drug-likeness (QED) is 0.539. The molecule has 146 valence electrons. The van der Waals surface area contributed by atoms with Gasteiger partial charge in [0.15, 0.2) is 0 Å². The van der Waals surface area contributed by atoms with E-state index in [-0.39, 0.29) is 22.2 Å². The lowest BCUT2D eigenvalue weighted by molar-refractivity contribution is 0.189. The van der Waals surface area contributed by atoms with Crippen LogP contribution >= 0.6 is 11.6 Å². The highest BCUT2D eigenvalue weighted by Crippen LogP contribution is 2.26. The fourth-order valence-electron chi connectivity index (χ4n) is 3.32. The van der Waals surface area contributed by atoms with E-state index in [0.29, 0.717) is 6.04 Å². The Balaban J connectivity index is 0.000000290. The molecule has 2 fully saturated rings. The summed E-state index contributed by atoms with van der Waals surface area (Å²) in [6.07, 6.45) is 6.66. The number of nitrogens with one attached hydrogen (secondary N) is 1. The van der Waals surface area contributed by atoms with Crippen molar-refractivity contribution < 1.29 is 9.50 Å².